The number of hydrogen-bond acceptors (Lipinski definition) is 2. The average molecular weight is 210 g/mol. The van der Waals surface area contributed by atoms with E-state index in [-0.39, 0.29) is 0 Å². The molecule has 1 saturated carbocycles. The maximum Gasteiger partial charge on any atom is 0.143 e. The van der Waals surface area contributed by atoms with Crippen molar-refractivity contribution in [3.05, 3.63) is 23.2 Å². The lowest BCUT2D eigenvalue weighted by Gasteiger charge is -2.30. The van der Waals surface area contributed by atoms with Crippen molar-refractivity contribution in [3.63, 3.8) is 0 Å². The van der Waals surface area contributed by atoms with E-state index in [1.807, 2.05) is 18.2 Å². The lowest BCUT2D eigenvalue weighted by molar-refractivity contribution is 0.188. The van der Waals surface area contributed by atoms with Crippen molar-refractivity contribution in [2.45, 2.75) is 31.4 Å². The topological polar surface area (TPSA) is 21.3 Å². The summed E-state index contributed by atoms with van der Waals surface area (Å²) in [7, 11) is 0. The van der Waals surface area contributed by atoms with Gasteiger partial charge in [-0.05, 0) is 37.5 Å². The zero-order valence-electron chi connectivity index (χ0n) is 7.79. The summed E-state index contributed by atoms with van der Waals surface area (Å²) in [6.07, 6.45) is 3.99. The lowest BCUT2D eigenvalue weighted by Crippen LogP contribution is -2.36. The number of rotatable bonds is 0. The van der Waals surface area contributed by atoms with Gasteiger partial charge in [0.1, 0.15) is 11.9 Å². The van der Waals surface area contributed by atoms with Crippen LogP contribution in [-0.4, -0.2) is 12.1 Å². The van der Waals surface area contributed by atoms with Crippen LogP contribution in [0.25, 0.3) is 0 Å². The number of nitrogens with one attached hydrogen (secondary N) is 1. The van der Waals surface area contributed by atoms with Crippen LogP contribution in [-0.2, 0) is 0 Å². The van der Waals surface area contributed by atoms with E-state index in [0.717, 1.165) is 16.5 Å². The Bertz CT molecular complexity index is 366. The molecule has 0 radical (unpaired) electrons. The molecule has 1 N–H and O–H groups in total. The summed E-state index contributed by atoms with van der Waals surface area (Å²) in [5.41, 5.74) is 1.04. The van der Waals surface area contributed by atoms with Gasteiger partial charge in [0, 0.05) is 5.02 Å². The predicted octanol–water partition coefficient (Wildman–Crippen LogP) is 3.07. The molecule has 2 nitrogen and oxygen atoms in total. The Balaban J connectivity index is 1.97. The molecule has 1 aromatic carbocycles. The van der Waals surface area contributed by atoms with E-state index in [0.29, 0.717) is 12.1 Å². The summed E-state index contributed by atoms with van der Waals surface area (Å²) >= 11 is 5.92. The molecule has 3 rings (SSSR count). The Kier molecular flexibility index (Phi) is 1.84. The van der Waals surface area contributed by atoms with Crippen LogP contribution < -0.4 is 10.1 Å². The highest BCUT2D eigenvalue weighted by molar-refractivity contribution is 6.30. The van der Waals surface area contributed by atoms with E-state index in [9.17, 15) is 0 Å². The second kappa shape index (κ2) is 3.06. The molecule has 1 aliphatic carbocycles. The fraction of sp³-hybridized carbons (Fsp3) is 0.455. The monoisotopic (exact) mass is 209 g/mol. The Morgan fingerprint density at radius 1 is 1.36 bits per heavy atom. The molecule has 0 aromatic heterocycles. The fourth-order valence-electron chi connectivity index (χ4n) is 2.31. The second-order valence-corrected chi connectivity index (χ2v) is 4.41. The van der Waals surface area contributed by atoms with Crippen molar-refractivity contribution in [2.24, 2.45) is 0 Å². The van der Waals surface area contributed by atoms with Crippen molar-refractivity contribution in [3.8, 4) is 5.75 Å². The number of benzene rings is 1. The van der Waals surface area contributed by atoms with E-state index in [1.165, 1.54) is 19.3 Å². The highest BCUT2D eigenvalue weighted by atomic mass is 35.5. The molecule has 74 valence electrons. The first kappa shape index (κ1) is 8.42. The van der Waals surface area contributed by atoms with Gasteiger partial charge in [0.25, 0.3) is 0 Å². The predicted molar refractivity (Wildman–Crippen MR) is 57.1 cm³/mol. The van der Waals surface area contributed by atoms with Gasteiger partial charge in [-0.2, -0.15) is 0 Å². The number of hydrogen-bond donors (Lipinski definition) is 1. The minimum Gasteiger partial charge on any atom is -0.486 e. The molecule has 0 bridgehead atoms. The zero-order valence-corrected chi connectivity index (χ0v) is 8.55. The van der Waals surface area contributed by atoms with Crippen LogP contribution in [0.4, 0.5) is 5.69 Å². The number of anilines is 1. The minimum atomic E-state index is 0.365. The summed E-state index contributed by atoms with van der Waals surface area (Å²) in [5, 5.41) is 4.25. The van der Waals surface area contributed by atoms with Crippen LogP contribution in [0.15, 0.2) is 18.2 Å². The molecule has 2 aliphatic rings. The molecule has 1 aromatic rings. The van der Waals surface area contributed by atoms with Gasteiger partial charge in [0.05, 0.1) is 11.7 Å². The molecule has 2 unspecified atom stereocenters. The summed E-state index contributed by atoms with van der Waals surface area (Å²) < 4.78 is 5.89. The molecule has 2 atom stereocenters. The van der Waals surface area contributed by atoms with Crippen LogP contribution >= 0.6 is 11.6 Å². The Morgan fingerprint density at radius 3 is 3.21 bits per heavy atom. The van der Waals surface area contributed by atoms with Crippen molar-refractivity contribution >= 4 is 17.3 Å². The lowest BCUT2D eigenvalue weighted by atomic mass is 10.1. The maximum atomic E-state index is 5.92. The summed E-state index contributed by atoms with van der Waals surface area (Å²) in [6, 6.07) is 6.24. The Morgan fingerprint density at radius 2 is 2.29 bits per heavy atom. The van der Waals surface area contributed by atoms with E-state index in [2.05, 4.69) is 5.32 Å². The highest BCUT2D eigenvalue weighted by Gasteiger charge is 2.33. The number of ether oxygens (including phenoxy) is 1. The quantitative estimate of drug-likeness (QED) is 0.709. The molecule has 1 aliphatic heterocycles. The van der Waals surface area contributed by atoms with Crippen LogP contribution in [0.5, 0.6) is 5.75 Å². The summed E-state index contributed by atoms with van der Waals surface area (Å²) in [4.78, 5) is 0. The smallest absolute Gasteiger partial charge is 0.143 e. The van der Waals surface area contributed by atoms with Crippen molar-refractivity contribution < 1.29 is 4.74 Å². The van der Waals surface area contributed by atoms with Gasteiger partial charge in [-0.1, -0.05) is 11.6 Å². The third-order valence-electron chi connectivity index (χ3n) is 3.01. The molecule has 3 heteroatoms. The first-order chi connectivity index (χ1) is 6.83. The third-order valence-corrected chi connectivity index (χ3v) is 3.25. The third kappa shape index (κ3) is 1.25. The second-order valence-electron chi connectivity index (χ2n) is 3.98. The van der Waals surface area contributed by atoms with E-state index >= 15 is 0 Å². The molecule has 0 amide bonds. The Hall–Kier alpha value is -0.890. The van der Waals surface area contributed by atoms with E-state index in [4.69, 9.17) is 16.3 Å². The SMILES string of the molecule is Clc1ccc2c(c1)NC1CCCC1O2. The molecule has 1 fully saturated rings. The first-order valence-electron chi connectivity index (χ1n) is 5.06. The van der Waals surface area contributed by atoms with Crippen LogP contribution in [0.1, 0.15) is 19.3 Å². The standard InChI is InChI=1S/C11H12ClNO/c12-7-4-5-11-9(6-7)13-8-2-1-3-10(8)14-11/h4-6,8,10,13H,1-3H2. The van der Waals surface area contributed by atoms with Gasteiger partial charge in [-0.3, -0.25) is 0 Å². The minimum absolute atomic E-state index is 0.365. The highest BCUT2D eigenvalue weighted by Crippen LogP contribution is 2.38. The number of halogens is 1. The van der Waals surface area contributed by atoms with Gasteiger partial charge in [0.2, 0.25) is 0 Å². The van der Waals surface area contributed by atoms with Crippen molar-refractivity contribution in [1.82, 2.24) is 0 Å². The molecular formula is C11H12ClNO. The van der Waals surface area contributed by atoms with E-state index in [1.54, 1.807) is 0 Å². The van der Waals surface area contributed by atoms with Gasteiger partial charge < -0.3 is 10.1 Å². The largest absolute Gasteiger partial charge is 0.486 e. The van der Waals surface area contributed by atoms with Gasteiger partial charge in [-0.15, -0.1) is 0 Å². The van der Waals surface area contributed by atoms with Crippen LogP contribution in [0.2, 0.25) is 5.02 Å². The fourth-order valence-corrected chi connectivity index (χ4v) is 2.48. The number of fused-ring (bicyclic) bond motifs is 2. The van der Waals surface area contributed by atoms with Gasteiger partial charge in [0.15, 0.2) is 0 Å². The van der Waals surface area contributed by atoms with Crippen molar-refractivity contribution in [1.29, 1.82) is 0 Å². The summed E-state index contributed by atoms with van der Waals surface area (Å²) in [5.74, 6) is 0.942. The van der Waals surface area contributed by atoms with Gasteiger partial charge in [-0.25, -0.2) is 0 Å². The maximum absolute atomic E-state index is 5.92. The zero-order chi connectivity index (χ0) is 9.54. The van der Waals surface area contributed by atoms with Crippen LogP contribution in [0.3, 0.4) is 0 Å². The molecule has 0 spiro atoms. The van der Waals surface area contributed by atoms with Crippen LogP contribution in [0, 0.1) is 0 Å². The van der Waals surface area contributed by atoms with Crippen molar-refractivity contribution in [2.75, 3.05) is 5.32 Å². The first-order valence-corrected chi connectivity index (χ1v) is 5.43. The molecular weight excluding hydrogens is 198 g/mol. The van der Waals surface area contributed by atoms with E-state index < -0.39 is 0 Å². The van der Waals surface area contributed by atoms with Gasteiger partial charge >= 0.3 is 0 Å². The molecule has 14 heavy (non-hydrogen) atoms. The normalized spacial score (nSPS) is 28.6. The average Bonchev–Trinajstić information content (AvgIpc) is 2.61. The molecule has 1 heterocycles. The molecule has 0 saturated heterocycles. The Labute approximate surface area is 88.2 Å². The summed E-state index contributed by atoms with van der Waals surface area (Å²) in [6.45, 7) is 0.